The first-order chi connectivity index (χ1) is 11.5. The van der Waals surface area contributed by atoms with Crippen molar-refractivity contribution < 1.29 is 19.1 Å². The van der Waals surface area contributed by atoms with Gasteiger partial charge in [0.15, 0.2) is 0 Å². The van der Waals surface area contributed by atoms with Crippen LogP contribution in [0, 0.1) is 0 Å². The van der Waals surface area contributed by atoms with Crippen molar-refractivity contribution in [1.82, 2.24) is 15.2 Å². The lowest BCUT2D eigenvalue weighted by atomic mass is 10.1. The summed E-state index contributed by atoms with van der Waals surface area (Å²) in [6.45, 7) is 0.301. The summed E-state index contributed by atoms with van der Waals surface area (Å²) in [7, 11) is 6.27. The fraction of sp³-hybridized carbons (Fsp3) is 0.312. The Morgan fingerprint density at radius 3 is 2.67 bits per heavy atom. The third-order valence-electron chi connectivity index (χ3n) is 3.37. The average molecular weight is 349 g/mol. The molecule has 128 valence electrons. The van der Waals surface area contributed by atoms with Crippen LogP contribution in [0.2, 0.25) is 0 Å². The van der Waals surface area contributed by atoms with Gasteiger partial charge in [-0.1, -0.05) is 0 Å². The summed E-state index contributed by atoms with van der Waals surface area (Å²) in [5, 5.41) is 4.86. The molecule has 0 saturated carbocycles. The van der Waals surface area contributed by atoms with Crippen LogP contribution in [-0.4, -0.2) is 50.0 Å². The molecule has 0 unspecified atom stereocenters. The van der Waals surface area contributed by atoms with E-state index in [1.54, 1.807) is 44.8 Å². The van der Waals surface area contributed by atoms with Crippen LogP contribution < -0.4 is 14.8 Å². The first-order valence-electron chi connectivity index (χ1n) is 7.14. The number of nitrogens with one attached hydrogen (secondary N) is 1. The Morgan fingerprint density at radius 2 is 2.04 bits per heavy atom. The summed E-state index contributed by atoms with van der Waals surface area (Å²) in [6.07, 6.45) is 0. The predicted molar refractivity (Wildman–Crippen MR) is 90.8 cm³/mol. The molecule has 0 bridgehead atoms. The van der Waals surface area contributed by atoms with Gasteiger partial charge in [0.2, 0.25) is 0 Å². The van der Waals surface area contributed by atoms with Gasteiger partial charge in [-0.05, 0) is 12.1 Å². The molecule has 0 saturated heterocycles. The number of thiazole rings is 1. The van der Waals surface area contributed by atoms with Crippen molar-refractivity contribution in [1.29, 1.82) is 0 Å². The highest BCUT2D eigenvalue weighted by molar-refractivity contribution is 7.09. The monoisotopic (exact) mass is 349 g/mol. The molecule has 2 amide bonds. The quantitative estimate of drug-likeness (QED) is 0.860. The maximum atomic E-state index is 12.6. The van der Waals surface area contributed by atoms with E-state index in [0.717, 1.165) is 0 Å². The van der Waals surface area contributed by atoms with Gasteiger partial charge >= 0.3 is 0 Å². The van der Waals surface area contributed by atoms with Gasteiger partial charge in [-0.15, -0.1) is 11.3 Å². The van der Waals surface area contributed by atoms with E-state index in [0.29, 0.717) is 34.3 Å². The largest absolute Gasteiger partial charge is 0.497 e. The smallest absolute Gasteiger partial charge is 0.270 e. The van der Waals surface area contributed by atoms with Crippen molar-refractivity contribution in [2.45, 2.75) is 6.54 Å². The standard InChI is InChI=1S/C16H19N3O4S/c1-17-15(20)12-9-24-14(18-12)8-19(2)16(21)11-6-5-10(22-3)7-13(11)23-4/h5-7,9H,8H2,1-4H3,(H,17,20). The third-order valence-corrected chi connectivity index (χ3v) is 4.20. The van der Waals surface area contributed by atoms with Crippen LogP contribution in [-0.2, 0) is 6.54 Å². The van der Waals surface area contributed by atoms with Crippen LogP contribution in [0.25, 0.3) is 0 Å². The predicted octanol–water partition coefficient (Wildman–Crippen LogP) is 1.79. The number of amides is 2. The van der Waals surface area contributed by atoms with Gasteiger partial charge in [0.05, 0.1) is 26.3 Å². The second-order valence-corrected chi connectivity index (χ2v) is 5.88. The highest BCUT2D eigenvalue weighted by Gasteiger charge is 2.19. The number of rotatable bonds is 6. The molecule has 1 N–H and O–H groups in total. The number of aromatic nitrogens is 1. The Kier molecular flexibility index (Phi) is 5.75. The number of carbonyl (C=O) groups is 2. The number of hydrogen-bond donors (Lipinski definition) is 1. The van der Waals surface area contributed by atoms with E-state index in [9.17, 15) is 9.59 Å². The van der Waals surface area contributed by atoms with Gasteiger partial charge in [-0.3, -0.25) is 9.59 Å². The fourth-order valence-electron chi connectivity index (χ4n) is 2.07. The molecule has 1 aromatic heterocycles. The molecular weight excluding hydrogens is 330 g/mol. The van der Waals surface area contributed by atoms with Gasteiger partial charge in [0.1, 0.15) is 22.2 Å². The Bertz CT molecular complexity index is 745. The molecule has 0 fully saturated rings. The Balaban J connectivity index is 2.15. The number of nitrogens with zero attached hydrogens (tertiary/aromatic N) is 2. The van der Waals surface area contributed by atoms with Crippen molar-refractivity contribution in [3.63, 3.8) is 0 Å². The van der Waals surface area contributed by atoms with Crippen LogP contribution in [0.5, 0.6) is 11.5 Å². The molecule has 1 aromatic carbocycles. The lowest BCUT2D eigenvalue weighted by Crippen LogP contribution is -2.26. The summed E-state index contributed by atoms with van der Waals surface area (Å²) in [5.74, 6) is 0.604. The molecule has 24 heavy (non-hydrogen) atoms. The molecule has 0 aliphatic heterocycles. The lowest BCUT2D eigenvalue weighted by Gasteiger charge is -2.18. The maximum Gasteiger partial charge on any atom is 0.270 e. The van der Waals surface area contributed by atoms with Crippen LogP contribution in [0.1, 0.15) is 25.9 Å². The number of hydrogen-bond acceptors (Lipinski definition) is 6. The molecule has 0 spiro atoms. The molecule has 8 heteroatoms. The number of carbonyl (C=O) groups excluding carboxylic acids is 2. The van der Waals surface area contributed by atoms with Crippen molar-refractivity contribution in [3.05, 3.63) is 39.8 Å². The van der Waals surface area contributed by atoms with Crippen LogP contribution in [0.4, 0.5) is 0 Å². The van der Waals surface area contributed by atoms with Gasteiger partial charge in [0.25, 0.3) is 11.8 Å². The van der Waals surface area contributed by atoms with E-state index in [4.69, 9.17) is 9.47 Å². The van der Waals surface area contributed by atoms with E-state index in [-0.39, 0.29) is 11.8 Å². The summed E-state index contributed by atoms with van der Waals surface area (Å²) in [5.41, 5.74) is 0.782. The molecule has 0 aliphatic carbocycles. The summed E-state index contributed by atoms with van der Waals surface area (Å²) in [6, 6.07) is 5.03. The first-order valence-corrected chi connectivity index (χ1v) is 8.02. The zero-order chi connectivity index (χ0) is 17.7. The van der Waals surface area contributed by atoms with Crippen LogP contribution in [0.15, 0.2) is 23.6 Å². The van der Waals surface area contributed by atoms with E-state index < -0.39 is 0 Å². The van der Waals surface area contributed by atoms with Crippen LogP contribution in [0.3, 0.4) is 0 Å². The average Bonchev–Trinajstić information content (AvgIpc) is 3.08. The summed E-state index contributed by atoms with van der Waals surface area (Å²) >= 11 is 1.33. The van der Waals surface area contributed by atoms with Crippen molar-refractivity contribution in [3.8, 4) is 11.5 Å². The minimum absolute atomic E-state index is 0.203. The second-order valence-electron chi connectivity index (χ2n) is 4.93. The minimum atomic E-state index is -0.247. The molecule has 2 rings (SSSR count). The number of ether oxygens (including phenoxy) is 2. The molecule has 7 nitrogen and oxygen atoms in total. The summed E-state index contributed by atoms with van der Waals surface area (Å²) in [4.78, 5) is 29.9. The number of benzene rings is 1. The van der Waals surface area contributed by atoms with E-state index in [1.807, 2.05) is 0 Å². The minimum Gasteiger partial charge on any atom is -0.497 e. The summed E-state index contributed by atoms with van der Waals surface area (Å²) < 4.78 is 10.4. The SMILES string of the molecule is CNC(=O)c1csc(CN(C)C(=O)c2ccc(OC)cc2OC)n1. The van der Waals surface area contributed by atoms with Gasteiger partial charge < -0.3 is 19.7 Å². The normalized spacial score (nSPS) is 10.2. The Morgan fingerprint density at radius 1 is 1.29 bits per heavy atom. The Labute approximate surface area is 144 Å². The molecule has 1 heterocycles. The van der Waals surface area contributed by atoms with Gasteiger partial charge in [-0.25, -0.2) is 4.98 Å². The fourth-order valence-corrected chi connectivity index (χ4v) is 2.90. The van der Waals surface area contributed by atoms with E-state index in [2.05, 4.69) is 10.3 Å². The first kappa shape index (κ1) is 17.7. The zero-order valence-corrected chi connectivity index (χ0v) is 14.8. The maximum absolute atomic E-state index is 12.6. The Hall–Kier alpha value is -2.61. The van der Waals surface area contributed by atoms with Crippen LogP contribution >= 0.6 is 11.3 Å². The second kappa shape index (κ2) is 7.78. The van der Waals surface area contributed by atoms with E-state index >= 15 is 0 Å². The molecule has 0 radical (unpaired) electrons. The zero-order valence-electron chi connectivity index (χ0n) is 14.0. The van der Waals surface area contributed by atoms with Gasteiger partial charge in [0, 0.05) is 25.5 Å². The van der Waals surface area contributed by atoms with E-state index in [1.165, 1.54) is 23.3 Å². The highest BCUT2D eigenvalue weighted by atomic mass is 32.1. The third kappa shape index (κ3) is 3.83. The highest BCUT2D eigenvalue weighted by Crippen LogP contribution is 2.26. The molecule has 0 aliphatic rings. The topological polar surface area (TPSA) is 80.8 Å². The van der Waals surface area contributed by atoms with Crippen molar-refractivity contribution in [2.75, 3.05) is 28.3 Å². The number of methoxy groups -OCH3 is 2. The van der Waals surface area contributed by atoms with Crippen molar-refractivity contribution >= 4 is 23.2 Å². The molecule has 0 atom stereocenters. The lowest BCUT2D eigenvalue weighted by molar-refractivity contribution is 0.0781. The van der Waals surface area contributed by atoms with Gasteiger partial charge in [-0.2, -0.15) is 0 Å². The molecule has 2 aromatic rings. The molecular formula is C16H19N3O4S. The van der Waals surface area contributed by atoms with Crippen molar-refractivity contribution in [2.24, 2.45) is 0 Å².